The van der Waals surface area contributed by atoms with Gasteiger partial charge in [-0.2, -0.15) is 0 Å². The summed E-state index contributed by atoms with van der Waals surface area (Å²) in [5, 5.41) is 12.7. The molecule has 2 amide bonds. The van der Waals surface area contributed by atoms with E-state index in [0.717, 1.165) is 6.42 Å². The highest BCUT2D eigenvalue weighted by atomic mass is 16.5. The number of aliphatic hydroxyl groups excluding tert-OH is 1. The Morgan fingerprint density at radius 3 is 2.37 bits per heavy atom. The average Bonchev–Trinajstić information content (AvgIpc) is 2.85. The van der Waals surface area contributed by atoms with Gasteiger partial charge in [0.05, 0.1) is 25.0 Å². The van der Waals surface area contributed by atoms with Crippen LogP contribution in [0.5, 0.6) is 0 Å². The number of nitrogens with one attached hydrogen (secondary N) is 1. The molecule has 0 aromatic rings. The minimum atomic E-state index is -0.755. The van der Waals surface area contributed by atoms with Gasteiger partial charge in [0.15, 0.2) is 0 Å². The molecule has 30 heavy (non-hydrogen) atoms. The van der Waals surface area contributed by atoms with Crippen molar-refractivity contribution < 1.29 is 24.2 Å². The lowest BCUT2D eigenvalue weighted by atomic mass is 9.70. The van der Waals surface area contributed by atoms with Gasteiger partial charge < -0.3 is 20.1 Å². The van der Waals surface area contributed by atoms with Gasteiger partial charge in [-0.25, -0.2) is 0 Å². The summed E-state index contributed by atoms with van der Waals surface area (Å²) >= 11 is 0. The zero-order valence-electron chi connectivity index (χ0n) is 19.4. The Balaban J connectivity index is 2.36. The number of likely N-dealkylation sites (tertiary alicyclic amines) is 1. The monoisotopic (exact) mass is 422 g/mol. The number of carbonyl (C=O) groups is 3. The number of aliphatic hydroxyl groups is 1. The van der Waals surface area contributed by atoms with Crippen LogP contribution in [0.25, 0.3) is 0 Å². The third kappa shape index (κ3) is 5.23. The molecule has 0 aromatic carbocycles. The number of allylic oxidation sites excluding steroid dienone is 1. The number of hydrogen-bond acceptors (Lipinski definition) is 5. The summed E-state index contributed by atoms with van der Waals surface area (Å²) in [6, 6.07) is -0.755. The van der Waals surface area contributed by atoms with Crippen molar-refractivity contribution in [1.29, 1.82) is 0 Å². The summed E-state index contributed by atoms with van der Waals surface area (Å²) in [7, 11) is 0. The molecule has 5 atom stereocenters. The zero-order valence-corrected chi connectivity index (χ0v) is 19.4. The lowest BCUT2D eigenvalue weighted by Crippen LogP contribution is -2.54. The van der Waals surface area contributed by atoms with E-state index in [1.807, 2.05) is 32.9 Å². The number of esters is 1. The standard InChI is InChI=1S/C23H38N2O5/c1-8-30-21(29)16-14(2)9-10-15-17(16)20(28)25(11-12-26)18(15)19(27)24-23(6,7)13-22(3,4)5/h9-10,14-18,26H,8,11-13H2,1-7H3,(H,24,27)/t14-,15+,16-,17+,18+/m1/s1. The van der Waals surface area contributed by atoms with Crippen LogP contribution in [-0.4, -0.2) is 59.1 Å². The van der Waals surface area contributed by atoms with E-state index in [-0.39, 0.29) is 42.9 Å². The molecular weight excluding hydrogens is 384 g/mol. The molecule has 170 valence electrons. The second-order valence-corrected chi connectivity index (χ2v) is 10.4. The predicted molar refractivity (Wildman–Crippen MR) is 114 cm³/mol. The van der Waals surface area contributed by atoms with Crippen molar-refractivity contribution in [2.24, 2.45) is 29.1 Å². The predicted octanol–water partition coefficient (Wildman–Crippen LogP) is 2.14. The highest BCUT2D eigenvalue weighted by molar-refractivity contribution is 5.96. The molecule has 1 aliphatic heterocycles. The van der Waals surface area contributed by atoms with Crippen molar-refractivity contribution in [3.63, 3.8) is 0 Å². The van der Waals surface area contributed by atoms with Gasteiger partial charge in [-0.05, 0) is 38.5 Å². The van der Waals surface area contributed by atoms with Gasteiger partial charge in [-0.3, -0.25) is 14.4 Å². The number of fused-ring (bicyclic) bond motifs is 1. The van der Waals surface area contributed by atoms with E-state index in [1.165, 1.54) is 4.90 Å². The summed E-state index contributed by atoms with van der Waals surface area (Å²) in [6.07, 6.45) is 4.55. The maximum absolute atomic E-state index is 13.4. The first kappa shape index (κ1) is 24.4. The second kappa shape index (κ2) is 9.08. The largest absolute Gasteiger partial charge is 0.466 e. The molecule has 1 fully saturated rings. The van der Waals surface area contributed by atoms with E-state index in [1.54, 1.807) is 6.92 Å². The van der Waals surface area contributed by atoms with Crippen molar-refractivity contribution in [3.8, 4) is 0 Å². The molecule has 1 heterocycles. The fourth-order valence-corrected chi connectivity index (χ4v) is 5.32. The molecule has 7 heteroatoms. The Kier molecular flexibility index (Phi) is 7.38. The van der Waals surface area contributed by atoms with Crippen molar-refractivity contribution in [2.75, 3.05) is 19.8 Å². The van der Waals surface area contributed by atoms with Crippen LogP contribution in [0.3, 0.4) is 0 Å². The van der Waals surface area contributed by atoms with E-state index in [2.05, 4.69) is 26.1 Å². The van der Waals surface area contributed by atoms with E-state index in [9.17, 15) is 19.5 Å². The highest BCUT2D eigenvalue weighted by Gasteiger charge is 2.57. The molecular formula is C23H38N2O5. The first-order chi connectivity index (χ1) is 13.8. The number of nitrogens with zero attached hydrogens (tertiary/aromatic N) is 1. The van der Waals surface area contributed by atoms with E-state index in [0.29, 0.717) is 0 Å². The number of rotatable bonds is 7. The molecule has 2 aliphatic rings. The molecule has 0 saturated carbocycles. The number of carbonyl (C=O) groups excluding carboxylic acids is 3. The third-order valence-electron chi connectivity index (χ3n) is 5.88. The molecule has 0 aromatic heterocycles. The topological polar surface area (TPSA) is 95.9 Å². The van der Waals surface area contributed by atoms with Gasteiger partial charge in [-0.1, -0.05) is 39.8 Å². The highest BCUT2D eigenvalue weighted by Crippen LogP contribution is 2.44. The molecule has 0 spiro atoms. The Morgan fingerprint density at radius 1 is 1.20 bits per heavy atom. The van der Waals surface area contributed by atoms with Crippen LogP contribution in [-0.2, 0) is 19.1 Å². The van der Waals surface area contributed by atoms with Gasteiger partial charge in [-0.15, -0.1) is 0 Å². The molecule has 1 saturated heterocycles. The minimum Gasteiger partial charge on any atom is -0.466 e. The summed E-state index contributed by atoms with van der Waals surface area (Å²) in [5.41, 5.74) is -0.446. The van der Waals surface area contributed by atoms with Gasteiger partial charge in [0, 0.05) is 18.0 Å². The van der Waals surface area contributed by atoms with Crippen LogP contribution in [0.4, 0.5) is 0 Å². The first-order valence-electron chi connectivity index (χ1n) is 10.9. The number of β-amino-alcohol motifs (C(OH)–C–C–N with tert-alkyl or cyclic N) is 1. The van der Waals surface area contributed by atoms with Crippen molar-refractivity contribution in [3.05, 3.63) is 12.2 Å². The maximum atomic E-state index is 13.4. The lowest BCUT2D eigenvalue weighted by Gasteiger charge is -2.36. The van der Waals surface area contributed by atoms with Crippen molar-refractivity contribution in [1.82, 2.24) is 10.2 Å². The second-order valence-electron chi connectivity index (χ2n) is 10.4. The van der Waals surface area contributed by atoms with Crippen LogP contribution in [0, 0.1) is 29.1 Å². The fraction of sp³-hybridized carbons (Fsp3) is 0.783. The Bertz CT molecular complexity index is 694. The number of amides is 2. The Hall–Kier alpha value is -1.89. The molecule has 2 rings (SSSR count). The normalized spacial score (nSPS) is 29.0. The average molecular weight is 423 g/mol. The van der Waals surface area contributed by atoms with Gasteiger partial charge in [0.2, 0.25) is 11.8 Å². The van der Waals surface area contributed by atoms with E-state index in [4.69, 9.17) is 4.74 Å². The molecule has 1 aliphatic carbocycles. The van der Waals surface area contributed by atoms with E-state index < -0.39 is 35.3 Å². The summed E-state index contributed by atoms with van der Waals surface area (Å²) in [6.45, 7) is 14.0. The molecule has 0 radical (unpaired) electrons. The fourth-order valence-electron chi connectivity index (χ4n) is 5.32. The Labute approximate surface area is 180 Å². The van der Waals surface area contributed by atoms with E-state index >= 15 is 0 Å². The third-order valence-corrected chi connectivity index (χ3v) is 5.88. The SMILES string of the molecule is CCOC(=O)[C@H]1[C@H]2C(=O)N(CCO)[C@H](C(=O)NC(C)(C)CC(C)(C)C)[C@H]2C=C[C@H]1C. The maximum Gasteiger partial charge on any atom is 0.310 e. The molecule has 2 N–H and O–H groups in total. The van der Waals surface area contributed by atoms with Crippen LogP contribution >= 0.6 is 0 Å². The molecule has 0 bridgehead atoms. The Morgan fingerprint density at radius 2 is 1.83 bits per heavy atom. The first-order valence-corrected chi connectivity index (χ1v) is 10.9. The summed E-state index contributed by atoms with van der Waals surface area (Å²) in [5.74, 6) is -2.80. The van der Waals surface area contributed by atoms with Crippen LogP contribution < -0.4 is 5.32 Å². The summed E-state index contributed by atoms with van der Waals surface area (Å²) in [4.78, 5) is 40.8. The van der Waals surface area contributed by atoms with Gasteiger partial charge in [0.1, 0.15) is 6.04 Å². The van der Waals surface area contributed by atoms with Crippen LogP contribution in [0.1, 0.15) is 54.9 Å². The zero-order chi connectivity index (χ0) is 22.9. The molecule has 0 unspecified atom stereocenters. The minimum absolute atomic E-state index is 0.0186. The van der Waals surface area contributed by atoms with Crippen LogP contribution in [0.2, 0.25) is 0 Å². The van der Waals surface area contributed by atoms with Gasteiger partial charge in [0.25, 0.3) is 0 Å². The number of hydrogen-bond donors (Lipinski definition) is 2. The van der Waals surface area contributed by atoms with Gasteiger partial charge >= 0.3 is 5.97 Å². The lowest BCUT2D eigenvalue weighted by molar-refractivity contribution is -0.155. The number of ether oxygens (including phenoxy) is 1. The van der Waals surface area contributed by atoms with Crippen molar-refractivity contribution in [2.45, 2.75) is 66.5 Å². The smallest absolute Gasteiger partial charge is 0.310 e. The quantitative estimate of drug-likeness (QED) is 0.484. The van der Waals surface area contributed by atoms with Crippen molar-refractivity contribution >= 4 is 17.8 Å². The summed E-state index contributed by atoms with van der Waals surface area (Å²) < 4.78 is 5.24. The molecule has 7 nitrogen and oxygen atoms in total. The van der Waals surface area contributed by atoms with Crippen LogP contribution in [0.15, 0.2) is 12.2 Å².